The molecule has 1 fully saturated rings. The van der Waals surface area contributed by atoms with Gasteiger partial charge in [-0.05, 0) is 26.8 Å². The smallest absolute Gasteiger partial charge is 0.422 e. The van der Waals surface area contributed by atoms with Crippen molar-refractivity contribution >= 4 is 15.8 Å². The van der Waals surface area contributed by atoms with Gasteiger partial charge in [0.1, 0.15) is 0 Å². The molecule has 1 aliphatic rings. The van der Waals surface area contributed by atoms with Crippen molar-refractivity contribution in [3.05, 3.63) is 23.9 Å². The SMILES string of the molecule is CCNC(=NCc1cccnc1OCC(F)(F)F)N1CCS(=O)(=O)C(C)(C)C1. The molecule has 28 heavy (non-hydrogen) atoms. The number of rotatable bonds is 5. The third kappa shape index (κ3) is 5.73. The molecule has 0 spiro atoms. The maximum absolute atomic E-state index is 12.4. The minimum absolute atomic E-state index is 0.0112. The fraction of sp³-hybridized carbons (Fsp3) is 0.647. The Hall–Kier alpha value is -2.04. The summed E-state index contributed by atoms with van der Waals surface area (Å²) in [6.07, 6.45) is -3.11. The predicted octanol–water partition coefficient (Wildman–Crippen LogP) is 2.00. The lowest BCUT2D eigenvalue weighted by Gasteiger charge is -2.39. The van der Waals surface area contributed by atoms with Gasteiger partial charge < -0.3 is 15.0 Å². The van der Waals surface area contributed by atoms with E-state index in [4.69, 9.17) is 4.74 Å². The molecule has 158 valence electrons. The van der Waals surface area contributed by atoms with Crippen LogP contribution in [-0.4, -0.2) is 67.2 Å². The molecule has 2 rings (SSSR count). The molecule has 11 heteroatoms. The summed E-state index contributed by atoms with van der Waals surface area (Å²) in [5.74, 6) is 0.383. The van der Waals surface area contributed by atoms with Crippen molar-refractivity contribution in [2.24, 2.45) is 4.99 Å². The summed E-state index contributed by atoms with van der Waals surface area (Å²) < 4.78 is 65.5. The minimum atomic E-state index is -4.46. The van der Waals surface area contributed by atoms with E-state index in [2.05, 4.69) is 15.3 Å². The Morgan fingerprint density at radius 3 is 2.75 bits per heavy atom. The molecule has 0 atom stereocenters. The molecule has 1 N–H and O–H groups in total. The monoisotopic (exact) mass is 422 g/mol. The first-order valence-corrected chi connectivity index (χ1v) is 10.5. The van der Waals surface area contributed by atoms with Gasteiger partial charge in [-0.1, -0.05) is 6.07 Å². The van der Waals surface area contributed by atoms with Gasteiger partial charge in [0.2, 0.25) is 5.88 Å². The fourth-order valence-electron chi connectivity index (χ4n) is 2.73. The second-order valence-corrected chi connectivity index (χ2v) is 9.78. The van der Waals surface area contributed by atoms with Crippen LogP contribution in [0.3, 0.4) is 0 Å². The van der Waals surface area contributed by atoms with Gasteiger partial charge in [0, 0.05) is 31.4 Å². The molecule has 0 bridgehead atoms. The maximum Gasteiger partial charge on any atom is 0.422 e. The maximum atomic E-state index is 12.4. The molecule has 0 aromatic carbocycles. The fourth-order valence-corrected chi connectivity index (χ4v) is 4.10. The highest BCUT2D eigenvalue weighted by atomic mass is 32.2. The standard InChI is InChI=1S/C17H25F3N4O3S/c1-4-21-15(24-8-9-28(25,26)16(2,3)11-24)23-10-13-6-5-7-22-14(13)27-12-17(18,19)20/h5-7H,4,8-12H2,1-3H3,(H,21,23). The van der Waals surface area contributed by atoms with Crippen molar-refractivity contribution in [1.82, 2.24) is 15.2 Å². The third-order valence-corrected chi connectivity index (χ3v) is 6.83. The first-order chi connectivity index (χ1) is 13.0. The predicted molar refractivity (Wildman–Crippen MR) is 100 cm³/mol. The molecule has 1 aromatic rings. The van der Waals surface area contributed by atoms with Gasteiger partial charge in [-0.2, -0.15) is 13.2 Å². The van der Waals surface area contributed by atoms with Crippen molar-refractivity contribution in [2.45, 2.75) is 38.2 Å². The van der Waals surface area contributed by atoms with Crippen LogP contribution in [0.15, 0.2) is 23.3 Å². The van der Waals surface area contributed by atoms with Crippen LogP contribution in [-0.2, 0) is 16.4 Å². The number of halogens is 3. The number of ether oxygens (including phenoxy) is 1. The number of hydrogen-bond donors (Lipinski definition) is 1. The van der Waals surface area contributed by atoms with E-state index in [1.807, 2.05) is 11.8 Å². The van der Waals surface area contributed by atoms with Crippen LogP contribution >= 0.6 is 0 Å². The number of hydrogen-bond acceptors (Lipinski definition) is 5. The summed E-state index contributed by atoms with van der Waals surface area (Å²) in [6, 6.07) is 3.19. The van der Waals surface area contributed by atoms with E-state index in [0.717, 1.165) is 0 Å². The van der Waals surface area contributed by atoms with E-state index >= 15 is 0 Å². The molecule has 1 saturated heterocycles. The molecular formula is C17H25F3N4O3S. The van der Waals surface area contributed by atoms with Gasteiger partial charge in [0.05, 0.1) is 17.0 Å². The molecule has 0 unspecified atom stereocenters. The Bertz CT molecular complexity index is 810. The average Bonchev–Trinajstić information content (AvgIpc) is 2.59. The Balaban J connectivity index is 2.18. The zero-order valence-electron chi connectivity index (χ0n) is 16.1. The van der Waals surface area contributed by atoms with Crippen molar-refractivity contribution in [1.29, 1.82) is 0 Å². The van der Waals surface area contributed by atoms with Gasteiger partial charge in [-0.3, -0.25) is 0 Å². The van der Waals surface area contributed by atoms with Gasteiger partial charge in [0.25, 0.3) is 0 Å². The van der Waals surface area contributed by atoms with Gasteiger partial charge in [-0.15, -0.1) is 0 Å². The topological polar surface area (TPSA) is 83.9 Å². The lowest BCUT2D eigenvalue weighted by atomic mass is 10.2. The highest BCUT2D eigenvalue weighted by molar-refractivity contribution is 7.92. The molecule has 0 amide bonds. The zero-order valence-corrected chi connectivity index (χ0v) is 16.9. The van der Waals surface area contributed by atoms with Crippen molar-refractivity contribution in [2.75, 3.05) is 32.0 Å². The van der Waals surface area contributed by atoms with Crippen LogP contribution in [0.4, 0.5) is 13.2 Å². The van der Waals surface area contributed by atoms with Crippen LogP contribution in [0.5, 0.6) is 5.88 Å². The quantitative estimate of drug-likeness (QED) is 0.577. The lowest BCUT2D eigenvalue weighted by Crippen LogP contribution is -2.57. The Morgan fingerprint density at radius 1 is 1.43 bits per heavy atom. The van der Waals surface area contributed by atoms with Crippen molar-refractivity contribution in [3.8, 4) is 5.88 Å². The first kappa shape index (κ1) is 22.3. The largest absolute Gasteiger partial charge is 0.468 e. The number of alkyl halides is 3. The van der Waals surface area contributed by atoms with Crippen molar-refractivity contribution in [3.63, 3.8) is 0 Å². The molecule has 2 heterocycles. The lowest BCUT2D eigenvalue weighted by molar-refractivity contribution is -0.154. The number of nitrogens with one attached hydrogen (secondary N) is 1. The summed E-state index contributed by atoms with van der Waals surface area (Å²) in [5, 5.41) is 3.10. The van der Waals surface area contributed by atoms with Crippen LogP contribution in [0.2, 0.25) is 0 Å². The van der Waals surface area contributed by atoms with E-state index in [9.17, 15) is 21.6 Å². The molecule has 1 aliphatic heterocycles. The molecule has 7 nitrogen and oxygen atoms in total. The molecule has 0 saturated carbocycles. The number of aliphatic imine (C=N–C) groups is 1. The summed E-state index contributed by atoms with van der Waals surface area (Å²) in [6.45, 7) is 4.96. The number of pyridine rings is 1. The Kier molecular flexibility index (Phi) is 6.79. The first-order valence-electron chi connectivity index (χ1n) is 8.84. The molecule has 0 radical (unpaired) electrons. The van der Waals surface area contributed by atoms with Gasteiger partial charge in [0.15, 0.2) is 22.4 Å². The highest BCUT2D eigenvalue weighted by Crippen LogP contribution is 2.24. The number of guanidine groups is 1. The summed E-state index contributed by atoms with van der Waals surface area (Å²) >= 11 is 0. The van der Waals surface area contributed by atoms with E-state index in [-0.39, 0.29) is 24.7 Å². The zero-order chi connectivity index (χ0) is 21.0. The van der Waals surface area contributed by atoms with E-state index in [1.54, 1.807) is 26.0 Å². The second-order valence-electron chi connectivity index (χ2n) is 7.04. The number of sulfone groups is 1. The van der Waals surface area contributed by atoms with Crippen LogP contribution in [0, 0.1) is 0 Å². The molecule has 1 aromatic heterocycles. The van der Waals surface area contributed by atoms with Crippen molar-refractivity contribution < 1.29 is 26.3 Å². The Labute approximate surface area is 162 Å². The minimum Gasteiger partial charge on any atom is -0.468 e. The van der Waals surface area contributed by atoms with E-state index in [1.165, 1.54) is 6.20 Å². The normalized spacial score (nSPS) is 19.4. The Morgan fingerprint density at radius 2 is 2.14 bits per heavy atom. The summed E-state index contributed by atoms with van der Waals surface area (Å²) in [7, 11) is -3.20. The van der Waals surface area contributed by atoms with Gasteiger partial charge in [-0.25, -0.2) is 18.4 Å². The number of aromatic nitrogens is 1. The van der Waals surface area contributed by atoms with Crippen LogP contribution in [0.1, 0.15) is 26.3 Å². The summed E-state index contributed by atoms with van der Waals surface area (Å²) in [5.41, 5.74) is 0.408. The molecule has 0 aliphatic carbocycles. The molecular weight excluding hydrogens is 397 g/mol. The van der Waals surface area contributed by atoms with Crippen LogP contribution < -0.4 is 10.1 Å². The van der Waals surface area contributed by atoms with Gasteiger partial charge >= 0.3 is 6.18 Å². The average molecular weight is 422 g/mol. The summed E-state index contributed by atoms with van der Waals surface area (Å²) in [4.78, 5) is 10.2. The van der Waals surface area contributed by atoms with E-state index < -0.39 is 27.4 Å². The number of nitrogens with zero attached hydrogens (tertiary/aromatic N) is 3. The highest BCUT2D eigenvalue weighted by Gasteiger charge is 2.41. The van der Waals surface area contributed by atoms with Crippen LogP contribution in [0.25, 0.3) is 0 Å². The van der Waals surface area contributed by atoms with E-state index in [0.29, 0.717) is 24.6 Å². The second kappa shape index (κ2) is 8.54. The third-order valence-electron chi connectivity index (χ3n) is 4.30.